The first kappa shape index (κ1) is 12.8. The summed E-state index contributed by atoms with van der Waals surface area (Å²) in [5.41, 5.74) is -0.277. The van der Waals surface area contributed by atoms with Gasteiger partial charge in [0, 0.05) is 11.6 Å². The summed E-state index contributed by atoms with van der Waals surface area (Å²) in [6.45, 7) is 0. The third kappa shape index (κ3) is 2.99. The van der Waals surface area contributed by atoms with Crippen LogP contribution in [-0.2, 0) is 0 Å². The molecule has 2 amide bonds. The average Bonchev–Trinajstić information content (AvgIpc) is 2.84. The molecule has 98 valence electrons. The van der Waals surface area contributed by atoms with Crippen molar-refractivity contribution >= 4 is 34.2 Å². The summed E-state index contributed by atoms with van der Waals surface area (Å²) < 4.78 is 0. The Labute approximate surface area is 111 Å². The van der Waals surface area contributed by atoms with Gasteiger partial charge in [-0.25, -0.2) is 14.6 Å². The summed E-state index contributed by atoms with van der Waals surface area (Å²) in [6, 6.07) is 3.43. The lowest BCUT2D eigenvalue weighted by Gasteiger charge is -2.08. The number of para-hydroxylation sites is 1. The SMILES string of the molecule is O=C(Nc1nccs1)Nc1cccc(C(=O)O)c1O. The number of carbonyl (C=O) groups excluding carboxylic acids is 1. The number of carboxylic acids is 1. The van der Waals surface area contributed by atoms with Crippen LogP contribution in [0.15, 0.2) is 29.8 Å². The van der Waals surface area contributed by atoms with Gasteiger partial charge in [-0.3, -0.25) is 5.32 Å². The number of rotatable bonds is 3. The standard InChI is InChI=1S/C11H9N3O4S/c15-8-6(9(16)17)2-1-3-7(8)13-10(18)14-11-12-4-5-19-11/h1-5,15H,(H,16,17)(H2,12,13,14,18). The number of phenols is 1. The lowest BCUT2D eigenvalue weighted by molar-refractivity contribution is 0.0694. The molecule has 1 aromatic heterocycles. The van der Waals surface area contributed by atoms with Crippen molar-refractivity contribution in [2.75, 3.05) is 10.6 Å². The van der Waals surface area contributed by atoms with E-state index in [0.29, 0.717) is 5.13 Å². The molecule has 2 rings (SSSR count). The smallest absolute Gasteiger partial charge is 0.339 e. The normalized spacial score (nSPS) is 9.89. The third-order valence-electron chi connectivity index (χ3n) is 2.17. The highest BCUT2D eigenvalue weighted by Crippen LogP contribution is 2.27. The molecular weight excluding hydrogens is 270 g/mol. The van der Waals surface area contributed by atoms with Gasteiger partial charge in [0.15, 0.2) is 10.9 Å². The third-order valence-corrected chi connectivity index (χ3v) is 2.86. The fourth-order valence-corrected chi connectivity index (χ4v) is 1.88. The van der Waals surface area contributed by atoms with Crippen LogP contribution in [0.4, 0.5) is 15.6 Å². The molecule has 19 heavy (non-hydrogen) atoms. The second kappa shape index (κ2) is 5.36. The highest BCUT2D eigenvalue weighted by molar-refractivity contribution is 7.13. The van der Waals surface area contributed by atoms with Crippen molar-refractivity contribution in [1.29, 1.82) is 0 Å². The van der Waals surface area contributed by atoms with Crippen LogP contribution in [-0.4, -0.2) is 27.2 Å². The van der Waals surface area contributed by atoms with E-state index in [4.69, 9.17) is 5.11 Å². The Bertz CT molecular complexity index is 612. The van der Waals surface area contributed by atoms with Crippen LogP contribution in [0, 0.1) is 0 Å². The van der Waals surface area contributed by atoms with Crippen LogP contribution < -0.4 is 10.6 Å². The Kier molecular flexibility index (Phi) is 3.62. The van der Waals surface area contributed by atoms with Crippen LogP contribution in [0.5, 0.6) is 5.75 Å². The molecule has 0 spiro atoms. The van der Waals surface area contributed by atoms with Gasteiger partial charge in [0.1, 0.15) is 5.56 Å². The summed E-state index contributed by atoms with van der Waals surface area (Å²) in [7, 11) is 0. The zero-order chi connectivity index (χ0) is 13.8. The molecular formula is C11H9N3O4S. The number of anilines is 2. The molecule has 0 radical (unpaired) electrons. The number of aromatic nitrogens is 1. The Hall–Kier alpha value is -2.61. The number of aromatic hydroxyl groups is 1. The first-order chi connectivity index (χ1) is 9.08. The van der Waals surface area contributed by atoms with Crippen LogP contribution >= 0.6 is 11.3 Å². The first-order valence-electron chi connectivity index (χ1n) is 5.10. The van der Waals surface area contributed by atoms with Crippen molar-refractivity contribution in [2.45, 2.75) is 0 Å². The summed E-state index contributed by atoms with van der Waals surface area (Å²) in [6.07, 6.45) is 1.53. The number of hydrogen-bond donors (Lipinski definition) is 4. The minimum atomic E-state index is -1.28. The maximum Gasteiger partial charge on any atom is 0.339 e. The molecule has 0 saturated heterocycles. The van der Waals surface area contributed by atoms with Crippen LogP contribution in [0.1, 0.15) is 10.4 Å². The second-order valence-corrected chi connectivity index (χ2v) is 4.32. The summed E-state index contributed by atoms with van der Waals surface area (Å²) in [5.74, 6) is -1.77. The molecule has 8 heteroatoms. The number of hydrogen-bond acceptors (Lipinski definition) is 5. The average molecular weight is 279 g/mol. The topological polar surface area (TPSA) is 112 Å². The molecule has 0 unspecified atom stereocenters. The number of benzene rings is 1. The molecule has 0 aliphatic rings. The van der Waals surface area contributed by atoms with Crippen molar-refractivity contribution in [1.82, 2.24) is 4.98 Å². The molecule has 0 bridgehead atoms. The van der Waals surface area contributed by atoms with E-state index in [-0.39, 0.29) is 11.3 Å². The van der Waals surface area contributed by atoms with E-state index < -0.39 is 17.7 Å². The molecule has 1 heterocycles. The molecule has 4 N–H and O–H groups in total. The van der Waals surface area contributed by atoms with Gasteiger partial charge in [-0.2, -0.15) is 0 Å². The van der Waals surface area contributed by atoms with Gasteiger partial charge in [0.05, 0.1) is 5.69 Å². The number of carbonyl (C=O) groups is 2. The molecule has 0 aliphatic carbocycles. The molecule has 0 aliphatic heterocycles. The molecule has 2 aromatic rings. The number of thiazole rings is 1. The number of urea groups is 1. The van der Waals surface area contributed by atoms with E-state index >= 15 is 0 Å². The van der Waals surface area contributed by atoms with Crippen molar-refractivity contribution in [3.63, 3.8) is 0 Å². The van der Waals surface area contributed by atoms with Crippen molar-refractivity contribution in [2.24, 2.45) is 0 Å². The van der Waals surface area contributed by atoms with Crippen molar-refractivity contribution in [3.05, 3.63) is 35.3 Å². The van der Waals surface area contributed by atoms with Gasteiger partial charge >= 0.3 is 12.0 Å². The lowest BCUT2D eigenvalue weighted by Crippen LogP contribution is -2.19. The number of nitrogens with zero attached hydrogens (tertiary/aromatic N) is 1. The number of aromatic carboxylic acids is 1. The Morgan fingerprint density at radius 2 is 2.05 bits per heavy atom. The minimum Gasteiger partial charge on any atom is -0.505 e. The van der Waals surface area contributed by atoms with Gasteiger partial charge in [0.25, 0.3) is 0 Å². The molecule has 0 saturated carbocycles. The van der Waals surface area contributed by atoms with E-state index in [9.17, 15) is 14.7 Å². The van der Waals surface area contributed by atoms with E-state index in [1.165, 1.54) is 35.7 Å². The molecule has 0 fully saturated rings. The molecule has 1 aromatic carbocycles. The van der Waals surface area contributed by atoms with Crippen LogP contribution in [0.25, 0.3) is 0 Å². The fraction of sp³-hybridized carbons (Fsp3) is 0. The second-order valence-electron chi connectivity index (χ2n) is 3.42. The van der Waals surface area contributed by atoms with E-state index in [1.807, 2.05) is 0 Å². The summed E-state index contributed by atoms with van der Waals surface area (Å²) >= 11 is 1.23. The minimum absolute atomic E-state index is 0.00829. The van der Waals surface area contributed by atoms with Crippen molar-refractivity contribution < 1.29 is 19.8 Å². The van der Waals surface area contributed by atoms with E-state index in [0.717, 1.165) is 0 Å². The maximum atomic E-state index is 11.6. The van der Waals surface area contributed by atoms with Crippen LogP contribution in [0.2, 0.25) is 0 Å². The zero-order valence-corrected chi connectivity index (χ0v) is 10.3. The van der Waals surface area contributed by atoms with Gasteiger partial charge in [-0.05, 0) is 12.1 Å². The van der Waals surface area contributed by atoms with Crippen molar-refractivity contribution in [3.8, 4) is 5.75 Å². The first-order valence-corrected chi connectivity index (χ1v) is 5.98. The van der Waals surface area contributed by atoms with Gasteiger partial charge in [0.2, 0.25) is 0 Å². The number of amides is 2. The molecule has 7 nitrogen and oxygen atoms in total. The van der Waals surface area contributed by atoms with E-state index in [1.54, 1.807) is 5.38 Å². The largest absolute Gasteiger partial charge is 0.505 e. The maximum absolute atomic E-state index is 11.6. The van der Waals surface area contributed by atoms with Gasteiger partial charge in [-0.15, -0.1) is 11.3 Å². The fourth-order valence-electron chi connectivity index (χ4n) is 1.35. The number of carboxylic acid groups (broad SMARTS) is 1. The Morgan fingerprint density at radius 1 is 1.26 bits per heavy atom. The monoisotopic (exact) mass is 279 g/mol. The highest BCUT2D eigenvalue weighted by Gasteiger charge is 2.14. The zero-order valence-electron chi connectivity index (χ0n) is 9.45. The molecule has 0 atom stereocenters. The predicted octanol–water partition coefficient (Wildman–Crippen LogP) is 2.19. The summed E-state index contributed by atoms with van der Waals surface area (Å²) in [5, 5.41) is 25.4. The Balaban J connectivity index is 2.13. The Morgan fingerprint density at radius 3 is 2.68 bits per heavy atom. The predicted molar refractivity (Wildman–Crippen MR) is 69.8 cm³/mol. The van der Waals surface area contributed by atoms with E-state index in [2.05, 4.69) is 15.6 Å². The highest BCUT2D eigenvalue weighted by atomic mass is 32.1. The summed E-state index contributed by atoms with van der Waals surface area (Å²) in [4.78, 5) is 26.3. The lowest BCUT2D eigenvalue weighted by atomic mass is 10.2. The number of nitrogens with one attached hydrogen (secondary N) is 2. The van der Waals surface area contributed by atoms with Crippen LogP contribution in [0.3, 0.4) is 0 Å². The quantitative estimate of drug-likeness (QED) is 0.643. The van der Waals surface area contributed by atoms with Gasteiger partial charge < -0.3 is 15.5 Å². The van der Waals surface area contributed by atoms with Gasteiger partial charge in [-0.1, -0.05) is 6.07 Å².